The van der Waals surface area contributed by atoms with Crippen molar-refractivity contribution in [2.75, 3.05) is 18.1 Å². The van der Waals surface area contributed by atoms with E-state index in [4.69, 9.17) is 9.72 Å². The number of fused-ring (bicyclic) bond motifs is 1. The van der Waals surface area contributed by atoms with Gasteiger partial charge in [0.15, 0.2) is 5.13 Å². The Labute approximate surface area is 170 Å². The molecule has 2 heterocycles. The molecule has 0 aliphatic carbocycles. The van der Waals surface area contributed by atoms with Crippen LogP contribution in [0.1, 0.15) is 36.0 Å². The molecule has 1 atom stereocenters. The van der Waals surface area contributed by atoms with Crippen molar-refractivity contribution in [3.8, 4) is 0 Å². The summed E-state index contributed by atoms with van der Waals surface area (Å²) in [6.07, 6.45) is 3.39. The van der Waals surface area contributed by atoms with Crippen LogP contribution >= 0.6 is 11.3 Å². The van der Waals surface area contributed by atoms with Gasteiger partial charge in [-0.2, -0.15) is 0 Å². The number of anilines is 1. The zero-order chi connectivity index (χ0) is 19.5. The van der Waals surface area contributed by atoms with Gasteiger partial charge in [-0.15, -0.1) is 0 Å². The molecule has 1 amide bonds. The topological polar surface area (TPSA) is 42.4 Å². The number of thiazole rings is 1. The minimum Gasteiger partial charge on any atom is -0.376 e. The van der Waals surface area contributed by atoms with Crippen LogP contribution in [0.5, 0.6) is 0 Å². The van der Waals surface area contributed by atoms with Crippen LogP contribution in [-0.4, -0.2) is 30.1 Å². The minimum absolute atomic E-state index is 0.107. The Hall–Kier alpha value is -2.24. The van der Waals surface area contributed by atoms with E-state index >= 15 is 0 Å². The highest BCUT2D eigenvalue weighted by Gasteiger charge is 2.26. The van der Waals surface area contributed by atoms with Crippen molar-refractivity contribution >= 4 is 32.6 Å². The second-order valence-corrected chi connectivity index (χ2v) is 8.48. The number of amides is 1. The van der Waals surface area contributed by atoms with Gasteiger partial charge in [-0.3, -0.25) is 9.69 Å². The number of aromatic nitrogens is 1. The molecule has 28 heavy (non-hydrogen) atoms. The van der Waals surface area contributed by atoms with Crippen LogP contribution in [0.15, 0.2) is 42.5 Å². The van der Waals surface area contributed by atoms with E-state index in [9.17, 15) is 4.79 Å². The molecule has 1 fully saturated rings. The third kappa shape index (κ3) is 4.10. The summed E-state index contributed by atoms with van der Waals surface area (Å²) in [6.45, 7) is 5.58. The zero-order valence-corrected chi connectivity index (χ0v) is 17.3. The Balaban J connectivity index is 1.59. The number of ether oxygens (including phenoxy) is 1. The van der Waals surface area contributed by atoms with Gasteiger partial charge in [0.05, 0.1) is 22.9 Å². The maximum Gasteiger partial charge on any atom is 0.229 e. The summed E-state index contributed by atoms with van der Waals surface area (Å²) in [7, 11) is 0. The fraction of sp³-hybridized carbons (Fsp3) is 0.391. The Bertz CT molecular complexity index is 961. The fourth-order valence-electron chi connectivity index (χ4n) is 3.64. The molecule has 0 spiro atoms. The molecule has 4 rings (SSSR count). The van der Waals surface area contributed by atoms with Gasteiger partial charge in [0.1, 0.15) is 0 Å². The van der Waals surface area contributed by atoms with E-state index in [1.807, 2.05) is 23.1 Å². The van der Waals surface area contributed by atoms with Crippen molar-refractivity contribution in [3.63, 3.8) is 0 Å². The fourth-order valence-corrected chi connectivity index (χ4v) is 4.69. The zero-order valence-electron chi connectivity index (χ0n) is 16.5. The van der Waals surface area contributed by atoms with Crippen LogP contribution < -0.4 is 4.90 Å². The van der Waals surface area contributed by atoms with Crippen LogP contribution in [0.2, 0.25) is 0 Å². The summed E-state index contributed by atoms with van der Waals surface area (Å²) in [5.74, 6) is 0.118. The molecule has 1 aromatic heterocycles. The monoisotopic (exact) mass is 394 g/mol. The van der Waals surface area contributed by atoms with Gasteiger partial charge in [-0.25, -0.2) is 4.98 Å². The summed E-state index contributed by atoms with van der Waals surface area (Å²) in [6, 6.07) is 14.4. The second-order valence-electron chi connectivity index (χ2n) is 7.48. The number of carbonyl (C=O) groups excluding carboxylic acids is 1. The molecule has 0 radical (unpaired) electrons. The molecule has 2 aromatic carbocycles. The molecular weight excluding hydrogens is 368 g/mol. The van der Waals surface area contributed by atoms with Crippen molar-refractivity contribution < 1.29 is 9.53 Å². The van der Waals surface area contributed by atoms with Crippen molar-refractivity contribution in [3.05, 3.63) is 59.2 Å². The Morgan fingerprint density at radius 2 is 2.04 bits per heavy atom. The number of hydrogen-bond donors (Lipinski definition) is 0. The number of benzene rings is 2. The van der Waals surface area contributed by atoms with Gasteiger partial charge in [-0.05, 0) is 55.9 Å². The maximum atomic E-state index is 13.2. The van der Waals surface area contributed by atoms with E-state index in [0.717, 1.165) is 41.2 Å². The van der Waals surface area contributed by atoms with Gasteiger partial charge in [0.2, 0.25) is 5.91 Å². The van der Waals surface area contributed by atoms with E-state index in [0.29, 0.717) is 13.0 Å². The third-order valence-corrected chi connectivity index (χ3v) is 6.53. The van der Waals surface area contributed by atoms with Crippen LogP contribution in [-0.2, 0) is 16.0 Å². The van der Waals surface area contributed by atoms with Crippen LogP contribution in [0.4, 0.5) is 5.13 Å². The SMILES string of the molecule is Cc1ccc2sc(N(CC3CCCO3)C(=O)CCc3ccccc3)nc2c1C. The lowest BCUT2D eigenvalue weighted by molar-refractivity contribution is -0.119. The smallest absolute Gasteiger partial charge is 0.229 e. The highest BCUT2D eigenvalue weighted by Crippen LogP contribution is 2.33. The highest BCUT2D eigenvalue weighted by atomic mass is 32.1. The number of nitrogens with zero attached hydrogens (tertiary/aromatic N) is 2. The molecule has 1 saturated heterocycles. The lowest BCUT2D eigenvalue weighted by Gasteiger charge is -2.23. The lowest BCUT2D eigenvalue weighted by atomic mass is 10.1. The average molecular weight is 395 g/mol. The van der Waals surface area contributed by atoms with Crippen LogP contribution in [0, 0.1) is 13.8 Å². The second kappa shape index (κ2) is 8.41. The molecule has 1 unspecified atom stereocenters. The van der Waals surface area contributed by atoms with Crippen molar-refractivity contribution in [2.24, 2.45) is 0 Å². The van der Waals surface area contributed by atoms with E-state index in [-0.39, 0.29) is 12.0 Å². The average Bonchev–Trinajstić information content (AvgIpc) is 3.38. The molecule has 1 aliphatic heterocycles. The Morgan fingerprint density at radius 3 is 2.79 bits per heavy atom. The minimum atomic E-state index is 0.107. The quantitative estimate of drug-likeness (QED) is 0.587. The van der Waals surface area contributed by atoms with Crippen molar-refractivity contribution in [1.29, 1.82) is 0 Å². The van der Waals surface area contributed by atoms with Crippen molar-refractivity contribution in [2.45, 2.75) is 45.6 Å². The van der Waals surface area contributed by atoms with Gasteiger partial charge < -0.3 is 4.74 Å². The molecular formula is C23H26N2O2S. The molecule has 4 nitrogen and oxygen atoms in total. The molecule has 0 bridgehead atoms. The largest absolute Gasteiger partial charge is 0.376 e. The Kier molecular flexibility index (Phi) is 5.74. The summed E-state index contributed by atoms with van der Waals surface area (Å²) in [4.78, 5) is 19.9. The van der Waals surface area contributed by atoms with Gasteiger partial charge in [0.25, 0.3) is 0 Å². The first kappa shape index (κ1) is 19.1. The summed E-state index contributed by atoms with van der Waals surface area (Å²) in [5.41, 5.74) is 4.61. The highest BCUT2D eigenvalue weighted by molar-refractivity contribution is 7.22. The summed E-state index contributed by atoms with van der Waals surface area (Å²) >= 11 is 1.60. The first-order valence-electron chi connectivity index (χ1n) is 9.94. The normalized spacial score (nSPS) is 16.6. The number of hydrogen-bond acceptors (Lipinski definition) is 4. The van der Waals surface area contributed by atoms with Gasteiger partial charge in [-0.1, -0.05) is 47.7 Å². The molecule has 146 valence electrons. The number of carbonyl (C=O) groups is 1. The molecule has 5 heteroatoms. The molecule has 0 N–H and O–H groups in total. The van der Waals surface area contributed by atoms with Crippen molar-refractivity contribution in [1.82, 2.24) is 4.98 Å². The van der Waals surface area contributed by atoms with E-state index in [2.05, 4.69) is 38.1 Å². The maximum absolute atomic E-state index is 13.2. The summed E-state index contributed by atoms with van der Waals surface area (Å²) < 4.78 is 6.95. The van der Waals surface area contributed by atoms with Crippen LogP contribution in [0.25, 0.3) is 10.2 Å². The number of aryl methyl sites for hydroxylation is 3. The predicted octanol–water partition coefficient (Wildman–Crippen LogP) is 5.06. The van der Waals surface area contributed by atoms with Gasteiger partial charge >= 0.3 is 0 Å². The number of rotatable bonds is 6. The van der Waals surface area contributed by atoms with E-state index in [1.165, 1.54) is 16.7 Å². The third-order valence-electron chi connectivity index (χ3n) is 5.49. The first-order valence-corrected chi connectivity index (χ1v) is 10.8. The molecule has 0 saturated carbocycles. The van der Waals surface area contributed by atoms with Gasteiger partial charge in [0, 0.05) is 13.0 Å². The molecule has 1 aliphatic rings. The van der Waals surface area contributed by atoms with E-state index in [1.54, 1.807) is 11.3 Å². The Morgan fingerprint density at radius 1 is 1.21 bits per heavy atom. The van der Waals surface area contributed by atoms with E-state index < -0.39 is 0 Å². The lowest BCUT2D eigenvalue weighted by Crippen LogP contribution is -2.37. The standard InChI is InChI=1S/C23H26N2O2S/c1-16-10-12-20-22(17(16)2)24-23(28-20)25(15-19-9-6-14-27-19)21(26)13-11-18-7-4-3-5-8-18/h3-5,7-8,10,12,19H,6,9,11,13-15H2,1-2H3. The predicted molar refractivity (Wildman–Crippen MR) is 115 cm³/mol. The first-order chi connectivity index (χ1) is 13.6. The van der Waals surface area contributed by atoms with Crippen LogP contribution in [0.3, 0.4) is 0 Å². The molecule has 3 aromatic rings. The summed E-state index contributed by atoms with van der Waals surface area (Å²) in [5, 5.41) is 0.789.